The molecule has 0 saturated carbocycles. The lowest BCUT2D eigenvalue weighted by atomic mass is 10.1. The third-order valence-electron chi connectivity index (χ3n) is 4.00. The summed E-state index contributed by atoms with van der Waals surface area (Å²) in [5.41, 5.74) is 4.78. The van der Waals surface area contributed by atoms with E-state index in [4.69, 9.17) is 4.42 Å². The Kier molecular flexibility index (Phi) is 5.02. The second-order valence-corrected chi connectivity index (χ2v) is 6.35. The lowest BCUT2D eigenvalue weighted by Gasteiger charge is -2.14. The minimum Gasteiger partial charge on any atom is -0.467 e. The SMILES string of the molecule is Cc1cc(C)c(Nc2cc(C(=O)NCc3ccco3)nc(C)n2)c(C)c1. The second kappa shape index (κ2) is 7.39. The van der Waals surface area contributed by atoms with Gasteiger partial charge in [0.15, 0.2) is 0 Å². The van der Waals surface area contributed by atoms with Crippen LogP contribution in [0.2, 0.25) is 0 Å². The Hall–Kier alpha value is -3.15. The summed E-state index contributed by atoms with van der Waals surface area (Å²) in [7, 11) is 0. The van der Waals surface area contributed by atoms with Crippen LogP contribution in [0.25, 0.3) is 0 Å². The van der Waals surface area contributed by atoms with Crippen LogP contribution in [0.15, 0.2) is 41.0 Å². The predicted molar refractivity (Wildman–Crippen MR) is 101 cm³/mol. The Balaban J connectivity index is 1.80. The Morgan fingerprint density at radius 2 is 1.81 bits per heavy atom. The van der Waals surface area contributed by atoms with Crippen molar-refractivity contribution in [3.8, 4) is 0 Å². The number of aryl methyl sites for hydroxylation is 4. The number of benzene rings is 1. The zero-order chi connectivity index (χ0) is 18.7. The molecule has 1 amide bonds. The number of rotatable bonds is 5. The van der Waals surface area contributed by atoms with E-state index < -0.39 is 0 Å². The summed E-state index contributed by atoms with van der Waals surface area (Å²) in [6, 6.07) is 9.47. The molecule has 26 heavy (non-hydrogen) atoms. The Morgan fingerprint density at radius 3 is 2.46 bits per heavy atom. The van der Waals surface area contributed by atoms with Gasteiger partial charge in [-0.25, -0.2) is 9.97 Å². The van der Waals surface area contributed by atoms with Gasteiger partial charge in [0.1, 0.15) is 23.1 Å². The van der Waals surface area contributed by atoms with Gasteiger partial charge in [0, 0.05) is 11.8 Å². The highest BCUT2D eigenvalue weighted by atomic mass is 16.3. The fourth-order valence-electron chi connectivity index (χ4n) is 2.92. The largest absolute Gasteiger partial charge is 0.467 e. The molecule has 0 fully saturated rings. The van der Waals surface area contributed by atoms with Crippen molar-refractivity contribution < 1.29 is 9.21 Å². The van der Waals surface area contributed by atoms with Crippen LogP contribution in [-0.2, 0) is 6.54 Å². The molecule has 1 aromatic carbocycles. The van der Waals surface area contributed by atoms with E-state index in [9.17, 15) is 4.79 Å². The average molecular weight is 350 g/mol. The van der Waals surface area contributed by atoms with Crippen molar-refractivity contribution in [1.82, 2.24) is 15.3 Å². The Labute approximate surface area is 152 Å². The lowest BCUT2D eigenvalue weighted by molar-refractivity contribution is 0.0942. The Bertz CT molecular complexity index is 910. The molecule has 0 aliphatic carbocycles. The number of nitrogens with one attached hydrogen (secondary N) is 2. The lowest BCUT2D eigenvalue weighted by Crippen LogP contribution is -2.24. The molecule has 0 saturated heterocycles. The van der Waals surface area contributed by atoms with Crippen LogP contribution in [0.1, 0.15) is 38.8 Å². The standard InChI is InChI=1S/C20H22N4O2/c1-12-8-13(2)19(14(3)9-12)24-18-10-17(22-15(4)23-18)20(25)21-11-16-6-5-7-26-16/h5-10H,11H2,1-4H3,(H,21,25)(H,22,23,24). The molecule has 2 heterocycles. The molecule has 6 nitrogen and oxygen atoms in total. The molecule has 0 bridgehead atoms. The fraction of sp³-hybridized carbons (Fsp3) is 0.250. The van der Waals surface area contributed by atoms with Crippen molar-refractivity contribution in [3.05, 3.63) is 70.6 Å². The smallest absolute Gasteiger partial charge is 0.270 e. The quantitative estimate of drug-likeness (QED) is 0.727. The molecule has 0 aliphatic heterocycles. The summed E-state index contributed by atoms with van der Waals surface area (Å²) >= 11 is 0. The van der Waals surface area contributed by atoms with Gasteiger partial charge in [0.2, 0.25) is 0 Å². The van der Waals surface area contributed by atoms with Gasteiger partial charge >= 0.3 is 0 Å². The van der Waals surface area contributed by atoms with Crippen LogP contribution in [0.5, 0.6) is 0 Å². The summed E-state index contributed by atoms with van der Waals surface area (Å²) in [5, 5.41) is 6.12. The molecule has 0 radical (unpaired) electrons. The van der Waals surface area contributed by atoms with Crippen molar-refractivity contribution in [2.75, 3.05) is 5.32 Å². The van der Waals surface area contributed by atoms with Crippen LogP contribution < -0.4 is 10.6 Å². The van der Waals surface area contributed by atoms with Gasteiger partial charge in [-0.05, 0) is 51.0 Å². The molecule has 134 valence electrons. The summed E-state index contributed by atoms with van der Waals surface area (Å²) in [4.78, 5) is 21.1. The number of carbonyl (C=O) groups is 1. The summed E-state index contributed by atoms with van der Waals surface area (Å²) in [6.45, 7) is 8.25. The topological polar surface area (TPSA) is 80.0 Å². The molecule has 0 unspecified atom stereocenters. The highest BCUT2D eigenvalue weighted by Crippen LogP contribution is 2.25. The highest BCUT2D eigenvalue weighted by molar-refractivity contribution is 5.93. The Morgan fingerprint density at radius 1 is 1.08 bits per heavy atom. The molecule has 6 heteroatoms. The average Bonchev–Trinajstić information content (AvgIpc) is 3.09. The third kappa shape index (κ3) is 4.08. The van der Waals surface area contributed by atoms with E-state index in [1.54, 1.807) is 31.4 Å². The van der Waals surface area contributed by atoms with Gasteiger partial charge in [0.25, 0.3) is 5.91 Å². The monoisotopic (exact) mass is 350 g/mol. The highest BCUT2D eigenvalue weighted by Gasteiger charge is 2.12. The fourth-order valence-corrected chi connectivity index (χ4v) is 2.92. The maximum atomic E-state index is 12.4. The van der Waals surface area contributed by atoms with Gasteiger partial charge in [-0.2, -0.15) is 0 Å². The first-order chi connectivity index (χ1) is 12.4. The first-order valence-electron chi connectivity index (χ1n) is 8.43. The van der Waals surface area contributed by atoms with Gasteiger partial charge < -0.3 is 15.1 Å². The summed E-state index contributed by atoms with van der Waals surface area (Å²) in [6.07, 6.45) is 1.57. The van der Waals surface area contributed by atoms with Gasteiger partial charge in [0.05, 0.1) is 12.8 Å². The van der Waals surface area contributed by atoms with E-state index in [0.29, 0.717) is 29.6 Å². The number of hydrogen-bond acceptors (Lipinski definition) is 5. The van der Waals surface area contributed by atoms with E-state index in [1.165, 1.54) is 5.56 Å². The van der Waals surface area contributed by atoms with Crippen molar-refractivity contribution in [2.24, 2.45) is 0 Å². The molecule has 2 aromatic heterocycles. The van der Waals surface area contributed by atoms with Gasteiger partial charge in [-0.3, -0.25) is 4.79 Å². The maximum Gasteiger partial charge on any atom is 0.270 e. The molecular weight excluding hydrogens is 328 g/mol. The van der Waals surface area contributed by atoms with E-state index in [1.807, 2.05) is 13.8 Å². The van der Waals surface area contributed by atoms with Crippen molar-refractivity contribution >= 4 is 17.4 Å². The first kappa shape index (κ1) is 17.7. The molecule has 0 atom stereocenters. The van der Waals surface area contributed by atoms with E-state index in [-0.39, 0.29) is 5.91 Å². The number of hydrogen-bond donors (Lipinski definition) is 2. The van der Waals surface area contributed by atoms with E-state index in [0.717, 1.165) is 16.8 Å². The normalized spacial score (nSPS) is 10.6. The van der Waals surface area contributed by atoms with E-state index >= 15 is 0 Å². The molecule has 0 aliphatic rings. The number of anilines is 2. The number of carbonyl (C=O) groups excluding carboxylic acids is 1. The summed E-state index contributed by atoms with van der Waals surface area (Å²) < 4.78 is 5.22. The van der Waals surface area contributed by atoms with Crippen LogP contribution >= 0.6 is 0 Å². The van der Waals surface area contributed by atoms with Crippen LogP contribution in [0, 0.1) is 27.7 Å². The molecule has 3 rings (SSSR count). The van der Waals surface area contributed by atoms with Crippen LogP contribution in [0.3, 0.4) is 0 Å². The van der Waals surface area contributed by atoms with Crippen LogP contribution in [0.4, 0.5) is 11.5 Å². The summed E-state index contributed by atoms with van der Waals surface area (Å²) in [5.74, 6) is 1.54. The molecule has 2 N–H and O–H groups in total. The minimum atomic E-state index is -0.271. The van der Waals surface area contributed by atoms with Crippen LogP contribution in [-0.4, -0.2) is 15.9 Å². The van der Waals surface area contributed by atoms with Crippen molar-refractivity contribution in [2.45, 2.75) is 34.2 Å². The predicted octanol–water partition coefficient (Wildman–Crippen LogP) is 3.98. The zero-order valence-electron chi connectivity index (χ0n) is 15.4. The van der Waals surface area contributed by atoms with Gasteiger partial charge in [-0.15, -0.1) is 0 Å². The van der Waals surface area contributed by atoms with E-state index in [2.05, 4.69) is 39.7 Å². The molecule has 0 spiro atoms. The van der Waals surface area contributed by atoms with Crippen molar-refractivity contribution in [1.29, 1.82) is 0 Å². The third-order valence-corrected chi connectivity index (χ3v) is 4.00. The first-order valence-corrected chi connectivity index (χ1v) is 8.43. The van der Waals surface area contributed by atoms with Crippen molar-refractivity contribution in [3.63, 3.8) is 0 Å². The number of nitrogens with zero attached hydrogens (tertiary/aromatic N) is 2. The maximum absolute atomic E-state index is 12.4. The van der Waals surface area contributed by atoms with Gasteiger partial charge in [-0.1, -0.05) is 17.7 Å². The second-order valence-electron chi connectivity index (χ2n) is 6.35. The minimum absolute atomic E-state index is 0.271. The zero-order valence-corrected chi connectivity index (χ0v) is 15.4. The number of amides is 1. The number of aromatic nitrogens is 2. The molecular formula is C20H22N4O2. The molecule has 3 aromatic rings. The number of furan rings is 1.